The van der Waals surface area contributed by atoms with E-state index in [9.17, 15) is 4.79 Å². The SMILES string of the molecule is CCC1C(=O)Nc2ccc(C(N)c3cccc(C)c3)cc21. The summed E-state index contributed by atoms with van der Waals surface area (Å²) in [5, 5.41) is 2.93. The third-order valence-corrected chi connectivity index (χ3v) is 4.19. The molecule has 3 heteroatoms. The fourth-order valence-corrected chi connectivity index (χ4v) is 3.00. The van der Waals surface area contributed by atoms with E-state index in [1.165, 1.54) is 5.56 Å². The van der Waals surface area contributed by atoms with Gasteiger partial charge in [-0.05, 0) is 36.1 Å². The van der Waals surface area contributed by atoms with Gasteiger partial charge in [0, 0.05) is 5.69 Å². The van der Waals surface area contributed by atoms with Gasteiger partial charge in [-0.3, -0.25) is 4.79 Å². The smallest absolute Gasteiger partial charge is 0.231 e. The first kappa shape index (κ1) is 13.8. The lowest BCUT2D eigenvalue weighted by molar-refractivity contribution is -0.117. The van der Waals surface area contributed by atoms with E-state index < -0.39 is 0 Å². The Balaban J connectivity index is 1.98. The lowest BCUT2D eigenvalue weighted by Gasteiger charge is -2.15. The van der Waals surface area contributed by atoms with Crippen LogP contribution in [-0.4, -0.2) is 5.91 Å². The lowest BCUT2D eigenvalue weighted by Crippen LogP contribution is -2.12. The monoisotopic (exact) mass is 280 g/mol. The highest BCUT2D eigenvalue weighted by Crippen LogP contribution is 2.36. The second-order valence-corrected chi connectivity index (χ2v) is 5.69. The lowest BCUT2D eigenvalue weighted by atomic mass is 9.92. The number of carbonyl (C=O) groups is 1. The summed E-state index contributed by atoms with van der Waals surface area (Å²) >= 11 is 0. The second kappa shape index (κ2) is 5.34. The number of hydrogen-bond acceptors (Lipinski definition) is 2. The molecule has 0 aromatic heterocycles. The van der Waals surface area contributed by atoms with Crippen LogP contribution < -0.4 is 11.1 Å². The Kier molecular flexibility index (Phi) is 3.52. The molecule has 0 spiro atoms. The molecule has 108 valence electrons. The Hall–Kier alpha value is -2.13. The molecule has 1 heterocycles. The molecule has 21 heavy (non-hydrogen) atoms. The van der Waals surface area contributed by atoms with Crippen molar-refractivity contribution in [2.24, 2.45) is 5.73 Å². The summed E-state index contributed by atoms with van der Waals surface area (Å²) < 4.78 is 0. The minimum Gasteiger partial charge on any atom is -0.325 e. The summed E-state index contributed by atoms with van der Waals surface area (Å²) in [6, 6.07) is 14.1. The van der Waals surface area contributed by atoms with Gasteiger partial charge in [0.1, 0.15) is 0 Å². The Bertz CT molecular complexity index is 693. The summed E-state index contributed by atoms with van der Waals surface area (Å²) in [6.45, 7) is 4.10. The standard InChI is InChI=1S/C18H20N2O/c1-3-14-15-10-13(7-8-16(15)20-18(14)21)17(19)12-6-4-5-11(2)9-12/h4-10,14,17H,3,19H2,1-2H3,(H,20,21). The number of nitrogens with two attached hydrogens (primary N) is 1. The van der Waals surface area contributed by atoms with E-state index in [0.29, 0.717) is 0 Å². The molecular formula is C18H20N2O. The predicted molar refractivity (Wildman–Crippen MR) is 85.3 cm³/mol. The number of rotatable bonds is 3. The Morgan fingerprint density at radius 1 is 1.19 bits per heavy atom. The van der Waals surface area contributed by atoms with Crippen molar-refractivity contribution >= 4 is 11.6 Å². The summed E-state index contributed by atoms with van der Waals surface area (Å²) in [4.78, 5) is 11.9. The minimum absolute atomic E-state index is 0.0512. The molecule has 0 bridgehead atoms. The summed E-state index contributed by atoms with van der Waals surface area (Å²) in [5.74, 6) is 0.0402. The Morgan fingerprint density at radius 3 is 2.67 bits per heavy atom. The van der Waals surface area contributed by atoms with Gasteiger partial charge in [-0.1, -0.05) is 48.9 Å². The molecule has 3 N–H and O–H groups in total. The molecule has 3 rings (SSSR count). The van der Waals surface area contributed by atoms with Crippen LogP contribution in [0.3, 0.4) is 0 Å². The number of anilines is 1. The van der Waals surface area contributed by atoms with Gasteiger partial charge >= 0.3 is 0 Å². The van der Waals surface area contributed by atoms with Crippen LogP contribution in [0.2, 0.25) is 0 Å². The van der Waals surface area contributed by atoms with Gasteiger partial charge < -0.3 is 11.1 Å². The first-order valence-electron chi connectivity index (χ1n) is 7.37. The largest absolute Gasteiger partial charge is 0.325 e. The van der Waals surface area contributed by atoms with Gasteiger partial charge in [-0.15, -0.1) is 0 Å². The van der Waals surface area contributed by atoms with E-state index in [4.69, 9.17) is 5.73 Å². The molecule has 0 saturated carbocycles. The molecule has 3 nitrogen and oxygen atoms in total. The number of aryl methyl sites for hydroxylation is 1. The van der Waals surface area contributed by atoms with E-state index in [-0.39, 0.29) is 17.9 Å². The maximum Gasteiger partial charge on any atom is 0.231 e. The van der Waals surface area contributed by atoms with E-state index in [1.54, 1.807) is 0 Å². The van der Waals surface area contributed by atoms with Crippen LogP contribution in [0.5, 0.6) is 0 Å². The molecular weight excluding hydrogens is 260 g/mol. The van der Waals surface area contributed by atoms with Crippen LogP contribution in [0.15, 0.2) is 42.5 Å². The van der Waals surface area contributed by atoms with E-state index in [1.807, 2.05) is 31.2 Å². The molecule has 2 aromatic rings. The zero-order chi connectivity index (χ0) is 15.0. The molecule has 0 saturated heterocycles. The zero-order valence-electron chi connectivity index (χ0n) is 12.4. The molecule has 2 aromatic carbocycles. The third-order valence-electron chi connectivity index (χ3n) is 4.19. The van der Waals surface area contributed by atoms with E-state index in [2.05, 4.69) is 30.4 Å². The fourth-order valence-electron chi connectivity index (χ4n) is 3.00. The van der Waals surface area contributed by atoms with Crippen molar-refractivity contribution in [2.45, 2.75) is 32.2 Å². The van der Waals surface area contributed by atoms with Crippen LogP contribution in [-0.2, 0) is 4.79 Å². The Morgan fingerprint density at radius 2 is 1.95 bits per heavy atom. The summed E-state index contributed by atoms with van der Waals surface area (Å²) in [5.41, 5.74) is 11.7. The number of nitrogens with one attached hydrogen (secondary N) is 1. The summed E-state index contributed by atoms with van der Waals surface area (Å²) in [7, 11) is 0. The highest BCUT2D eigenvalue weighted by atomic mass is 16.2. The topological polar surface area (TPSA) is 55.1 Å². The third kappa shape index (κ3) is 2.45. The number of carbonyl (C=O) groups excluding carboxylic acids is 1. The molecule has 2 atom stereocenters. The number of amides is 1. The predicted octanol–water partition coefficient (Wildman–Crippen LogP) is 3.49. The fraction of sp³-hybridized carbons (Fsp3) is 0.278. The molecule has 2 unspecified atom stereocenters. The number of fused-ring (bicyclic) bond motifs is 1. The van der Waals surface area contributed by atoms with Crippen molar-refractivity contribution in [3.8, 4) is 0 Å². The average Bonchev–Trinajstić information content (AvgIpc) is 2.80. The highest BCUT2D eigenvalue weighted by molar-refractivity contribution is 6.02. The number of hydrogen-bond donors (Lipinski definition) is 2. The molecule has 0 radical (unpaired) electrons. The molecule has 1 aliphatic rings. The van der Waals surface area contributed by atoms with Crippen LogP contribution in [0.4, 0.5) is 5.69 Å². The van der Waals surface area contributed by atoms with Gasteiger partial charge in [0.2, 0.25) is 5.91 Å². The quantitative estimate of drug-likeness (QED) is 0.904. The van der Waals surface area contributed by atoms with Gasteiger partial charge in [-0.2, -0.15) is 0 Å². The van der Waals surface area contributed by atoms with Crippen molar-refractivity contribution in [3.05, 3.63) is 64.7 Å². The van der Waals surface area contributed by atoms with Crippen molar-refractivity contribution in [3.63, 3.8) is 0 Å². The van der Waals surface area contributed by atoms with Crippen LogP contribution in [0, 0.1) is 6.92 Å². The first-order chi connectivity index (χ1) is 10.1. The van der Waals surface area contributed by atoms with Crippen LogP contribution >= 0.6 is 0 Å². The molecule has 1 amide bonds. The van der Waals surface area contributed by atoms with Crippen molar-refractivity contribution < 1.29 is 4.79 Å². The van der Waals surface area contributed by atoms with Crippen molar-refractivity contribution in [1.29, 1.82) is 0 Å². The molecule has 0 aliphatic carbocycles. The van der Waals surface area contributed by atoms with Gasteiger partial charge in [0.25, 0.3) is 0 Å². The first-order valence-corrected chi connectivity index (χ1v) is 7.37. The van der Waals surface area contributed by atoms with Crippen LogP contribution in [0.25, 0.3) is 0 Å². The van der Waals surface area contributed by atoms with Gasteiger partial charge in [0.15, 0.2) is 0 Å². The second-order valence-electron chi connectivity index (χ2n) is 5.69. The molecule has 0 fully saturated rings. The van der Waals surface area contributed by atoms with E-state index in [0.717, 1.165) is 28.8 Å². The zero-order valence-corrected chi connectivity index (χ0v) is 12.4. The minimum atomic E-state index is -0.164. The van der Waals surface area contributed by atoms with Crippen LogP contribution in [0.1, 0.15) is 47.6 Å². The highest BCUT2D eigenvalue weighted by Gasteiger charge is 2.29. The Labute approximate surface area is 125 Å². The molecule has 1 aliphatic heterocycles. The normalized spacial score (nSPS) is 18.2. The average molecular weight is 280 g/mol. The maximum absolute atomic E-state index is 11.9. The van der Waals surface area contributed by atoms with Crippen molar-refractivity contribution in [2.75, 3.05) is 5.32 Å². The van der Waals surface area contributed by atoms with Gasteiger partial charge in [0.05, 0.1) is 12.0 Å². The number of benzene rings is 2. The van der Waals surface area contributed by atoms with Crippen molar-refractivity contribution in [1.82, 2.24) is 0 Å². The summed E-state index contributed by atoms with van der Waals surface area (Å²) in [6.07, 6.45) is 0.808. The van der Waals surface area contributed by atoms with Gasteiger partial charge in [-0.25, -0.2) is 0 Å². The maximum atomic E-state index is 11.9. The van der Waals surface area contributed by atoms with E-state index >= 15 is 0 Å².